The molecule has 1 aliphatic rings. The zero-order valence-electron chi connectivity index (χ0n) is 22.7. The van der Waals surface area contributed by atoms with Crippen molar-refractivity contribution in [3.05, 3.63) is 0 Å². The van der Waals surface area contributed by atoms with E-state index in [4.69, 9.17) is 18.9 Å². The van der Waals surface area contributed by atoms with E-state index in [0.29, 0.717) is 25.4 Å². The van der Waals surface area contributed by atoms with Gasteiger partial charge in [-0.05, 0) is 51.4 Å². The average Bonchev–Trinajstić information content (AvgIpc) is 2.82. The fraction of sp³-hybridized carbons (Fsp3) is 0.889. The van der Waals surface area contributed by atoms with E-state index in [9.17, 15) is 19.5 Å². The highest BCUT2D eigenvalue weighted by atomic mass is 16.7. The molecule has 1 N–H and O–H groups in total. The van der Waals surface area contributed by atoms with Crippen LogP contribution in [0.15, 0.2) is 0 Å². The average molecular weight is 501 g/mol. The summed E-state index contributed by atoms with van der Waals surface area (Å²) >= 11 is 0. The van der Waals surface area contributed by atoms with Crippen molar-refractivity contribution in [2.45, 2.75) is 105 Å². The highest BCUT2D eigenvalue weighted by molar-refractivity contribution is 5.82. The van der Waals surface area contributed by atoms with E-state index in [0.717, 1.165) is 25.5 Å². The molecule has 1 rings (SSSR count). The fourth-order valence-corrected chi connectivity index (χ4v) is 4.69. The molecule has 0 spiro atoms. The van der Waals surface area contributed by atoms with Crippen LogP contribution in [0, 0.1) is 29.6 Å². The SMILES string of the molecule is CC[C@@H](C)C(=O)C(C)CC(CC=O)C(O)COC(=O)C(C)[C@H](CCOC)O[C@H]1CC(C)CC(C)O1. The Bertz CT molecular complexity index is 629. The standard InChI is InChI=1S/C27H48O8/c1-8-18(3)26(30)19(4)15-22(9-11-28)23(29)16-33-27(31)21(6)24(10-12-32-7)35-25-14-17(2)13-20(5)34-25/h11,17-25,29H,8-10,12-16H2,1-7H3/t17?,18-,19?,20?,21?,22?,23?,24+,25+/m1/s1. The maximum Gasteiger partial charge on any atom is 0.311 e. The summed E-state index contributed by atoms with van der Waals surface area (Å²) in [7, 11) is 1.60. The molecule has 1 saturated heterocycles. The van der Waals surface area contributed by atoms with Gasteiger partial charge < -0.3 is 28.8 Å². The molecule has 35 heavy (non-hydrogen) atoms. The molecule has 9 atom stereocenters. The van der Waals surface area contributed by atoms with E-state index in [1.54, 1.807) is 14.0 Å². The van der Waals surface area contributed by atoms with Gasteiger partial charge in [-0.2, -0.15) is 0 Å². The van der Waals surface area contributed by atoms with Crippen molar-refractivity contribution in [3.8, 4) is 0 Å². The Morgan fingerprint density at radius 3 is 2.40 bits per heavy atom. The molecule has 1 aliphatic heterocycles. The highest BCUT2D eigenvalue weighted by Crippen LogP contribution is 2.28. The number of carbonyl (C=O) groups excluding carboxylic acids is 3. The topological polar surface area (TPSA) is 108 Å². The first-order valence-corrected chi connectivity index (χ1v) is 13.2. The highest BCUT2D eigenvalue weighted by Gasteiger charge is 2.33. The van der Waals surface area contributed by atoms with Gasteiger partial charge >= 0.3 is 5.97 Å². The Labute approximate surface area is 211 Å². The van der Waals surface area contributed by atoms with E-state index < -0.39 is 36.3 Å². The maximum absolute atomic E-state index is 12.8. The van der Waals surface area contributed by atoms with Crippen LogP contribution >= 0.6 is 0 Å². The van der Waals surface area contributed by atoms with Crippen molar-refractivity contribution >= 4 is 18.0 Å². The molecular weight excluding hydrogens is 452 g/mol. The minimum absolute atomic E-state index is 0.0687. The first-order chi connectivity index (χ1) is 16.5. The van der Waals surface area contributed by atoms with Crippen LogP contribution in [-0.2, 0) is 33.3 Å². The summed E-state index contributed by atoms with van der Waals surface area (Å²) in [4.78, 5) is 36.5. The molecule has 0 bridgehead atoms. The Hall–Kier alpha value is -1.35. The molecular formula is C27H48O8. The van der Waals surface area contributed by atoms with Gasteiger partial charge in [0.1, 0.15) is 18.7 Å². The first kappa shape index (κ1) is 31.7. The summed E-state index contributed by atoms with van der Waals surface area (Å²) < 4.78 is 22.7. The van der Waals surface area contributed by atoms with E-state index in [1.807, 2.05) is 27.7 Å². The number of ketones is 1. The third kappa shape index (κ3) is 11.1. The third-order valence-electron chi connectivity index (χ3n) is 7.16. The minimum Gasteiger partial charge on any atom is -0.463 e. The Balaban J connectivity index is 2.71. The van der Waals surface area contributed by atoms with Crippen molar-refractivity contribution < 1.29 is 38.4 Å². The number of methoxy groups -OCH3 is 1. The van der Waals surface area contributed by atoms with Gasteiger partial charge in [-0.1, -0.05) is 27.7 Å². The van der Waals surface area contributed by atoms with Gasteiger partial charge in [-0.15, -0.1) is 0 Å². The summed E-state index contributed by atoms with van der Waals surface area (Å²) in [5.74, 6) is -1.31. The molecule has 0 saturated carbocycles. The van der Waals surface area contributed by atoms with Crippen molar-refractivity contribution in [2.24, 2.45) is 29.6 Å². The smallest absolute Gasteiger partial charge is 0.311 e. The summed E-state index contributed by atoms with van der Waals surface area (Å²) in [6.45, 7) is 11.8. The van der Waals surface area contributed by atoms with E-state index in [2.05, 4.69) is 6.92 Å². The van der Waals surface area contributed by atoms with Crippen molar-refractivity contribution in [1.29, 1.82) is 0 Å². The maximum atomic E-state index is 12.8. The Kier molecular flexibility index (Phi) is 14.8. The fourth-order valence-electron chi connectivity index (χ4n) is 4.69. The van der Waals surface area contributed by atoms with Crippen LogP contribution in [0.3, 0.4) is 0 Å². The Morgan fingerprint density at radius 2 is 1.83 bits per heavy atom. The Morgan fingerprint density at radius 1 is 1.14 bits per heavy atom. The lowest BCUT2D eigenvalue weighted by atomic mass is 9.83. The van der Waals surface area contributed by atoms with Gasteiger partial charge in [-0.3, -0.25) is 9.59 Å². The van der Waals surface area contributed by atoms with Gasteiger partial charge in [0.15, 0.2) is 6.29 Å². The summed E-state index contributed by atoms with van der Waals surface area (Å²) in [6, 6.07) is 0. The number of esters is 1. The summed E-state index contributed by atoms with van der Waals surface area (Å²) in [6.07, 6.45) is 2.39. The van der Waals surface area contributed by atoms with Crippen LogP contribution in [0.1, 0.15) is 80.1 Å². The van der Waals surface area contributed by atoms with Crippen LogP contribution in [0.5, 0.6) is 0 Å². The number of aldehydes is 1. The molecule has 0 aliphatic carbocycles. The number of aliphatic hydroxyl groups is 1. The molecule has 1 heterocycles. The van der Waals surface area contributed by atoms with Crippen LogP contribution < -0.4 is 0 Å². The third-order valence-corrected chi connectivity index (χ3v) is 7.16. The summed E-state index contributed by atoms with van der Waals surface area (Å²) in [5, 5.41) is 10.7. The number of hydrogen-bond acceptors (Lipinski definition) is 8. The molecule has 8 nitrogen and oxygen atoms in total. The molecule has 0 aromatic rings. The van der Waals surface area contributed by atoms with E-state index >= 15 is 0 Å². The number of aliphatic hydroxyl groups excluding tert-OH is 1. The van der Waals surface area contributed by atoms with Gasteiger partial charge in [0.25, 0.3) is 0 Å². The second-order valence-corrected chi connectivity index (χ2v) is 10.4. The minimum atomic E-state index is -1.04. The van der Waals surface area contributed by atoms with Gasteiger partial charge in [0.05, 0.1) is 24.2 Å². The molecule has 6 unspecified atom stereocenters. The van der Waals surface area contributed by atoms with Crippen molar-refractivity contribution in [1.82, 2.24) is 0 Å². The largest absolute Gasteiger partial charge is 0.463 e. The quantitative estimate of drug-likeness (QED) is 0.236. The van der Waals surface area contributed by atoms with Crippen LogP contribution in [0.25, 0.3) is 0 Å². The molecule has 204 valence electrons. The van der Waals surface area contributed by atoms with Crippen molar-refractivity contribution in [2.75, 3.05) is 20.3 Å². The zero-order chi connectivity index (χ0) is 26.5. The van der Waals surface area contributed by atoms with Gasteiger partial charge in [0.2, 0.25) is 0 Å². The molecule has 0 radical (unpaired) electrons. The predicted octanol–water partition coefficient (Wildman–Crippen LogP) is 3.96. The van der Waals surface area contributed by atoms with Crippen molar-refractivity contribution in [3.63, 3.8) is 0 Å². The van der Waals surface area contributed by atoms with Crippen LogP contribution in [-0.4, -0.2) is 68.1 Å². The van der Waals surface area contributed by atoms with Crippen LogP contribution in [0.4, 0.5) is 0 Å². The van der Waals surface area contributed by atoms with Gasteiger partial charge in [-0.25, -0.2) is 0 Å². The first-order valence-electron chi connectivity index (χ1n) is 13.2. The number of ether oxygens (including phenoxy) is 4. The lowest BCUT2D eigenvalue weighted by Crippen LogP contribution is -2.40. The second-order valence-electron chi connectivity index (χ2n) is 10.4. The molecule has 0 aromatic heterocycles. The zero-order valence-corrected chi connectivity index (χ0v) is 22.7. The molecule has 0 aromatic carbocycles. The van der Waals surface area contributed by atoms with Gasteiger partial charge in [0, 0.05) is 38.4 Å². The number of rotatable bonds is 17. The molecule has 8 heteroatoms. The number of hydrogen-bond donors (Lipinski definition) is 1. The normalized spacial score (nSPS) is 25.7. The lowest BCUT2D eigenvalue weighted by molar-refractivity contribution is -0.231. The predicted molar refractivity (Wildman–Crippen MR) is 133 cm³/mol. The number of Topliss-reactive ketones (excluding diaryl/α,β-unsaturated/α-hetero) is 1. The number of carbonyl (C=O) groups is 3. The van der Waals surface area contributed by atoms with E-state index in [-0.39, 0.29) is 36.8 Å². The van der Waals surface area contributed by atoms with Crippen LogP contribution in [0.2, 0.25) is 0 Å². The molecule has 0 amide bonds. The lowest BCUT2D eigenvalue weighted by Gasteiger charge is -2.35. The second kappa shape index (κ2) is 16.4. The monoisotopic (exact) mass is 500 g/mol. The van der Waals surface area contributed by atoms with E-state index in [1.165, 1.54) is 0 Å². The summed E-state index contributed by atoms with van der Waals surface area (Å²) in [5.41, 5.74) is 0. The molecule has 1 fully saturated rings.